The number of carbonyl (C=O) groups is 1. The highest BCUT2D eigenvalue weighted by molar-refractivity contribution is 7.98. The number of amides is 1. The summed E-state index contributed by atoms with van der Waals surface area (Å²) in [6.45, 7) is 5.74. The van der Waals surface area contributed by atoms with Crippen LogP contribution >= 0.6 is 11.8 Å². The lowest BCUT2D eigenvalue weighted by Crippen LogP contribution is -2.47. The molecule has 1 unspecified atom stereocenters. The maximum absolute atomic E-state index is 11.2. The van der Waals surface area contributed by atoms with E-state index in [0.717, 1.165) is 25.9 Å². The van der Waals surface area contributed by atoms with Crippen molar-refractivity contribution in [3.8, 4) is 0 Å². The van der Waals surface area contributed by atoms with Crippen molar-refractivity contribution < 1.29 is 4.79 Å². The van der Waals surface area contributed by atoms with Gasteiger partial charge in [-0.25, -0.2) is 0 Å². The summed E-state index contributed by atoms with van der Waals surface area (Å²) in [5, 5.41) is 3.71. The molecule has 94 valence electrons. The molecule has 1 rings (SSSR count). The van der Waals surface area contributed by atoms with Crippen molar-refractivity contribution in [2.75, 3.05) is 25.1 Å². The number of nitrogens with one attached hydrogen (secondary N) is 1. The molecule has 1 N–H and O–H groups in total. The molecule has 1 aliphatic heterocycles. The molecule has 1 fully saturated rings. The number of piperidine rings is 1. The number of thioether (sulfide) groups is 1. The maximum Gasteiger partial charge on any atom is 0.219 e. The van der Waals surface area contributed by atoms with E-state index in [4.69, 9.17) is 0 Å². The first kappa shape index (κ1) is 13.8. The van der Waals surface area contributed by atoms with Gasteiger partial charge in [0.25, 0.3) is 0 Å². The number of rotatable bonds is 5. The van der Waals surface area contributed by atoms with Gasteiger partial charge in [-0.15, -0.1) is 0 Å². The second-order valence-electron chi connectivity index (χ2n) is 4.51. The molecule has 1 heterocycles. The third-order valence-corrected chi connectivity index (χ3v) is 4.01. The molecule has 0 spiro atoms. The van der Waals surface area contributed by atoms with E-state index in [0.29, 0.717) is 12.1 Å². The van der Waals surface area contributed by atoms with Crippen LogP contribution in [0.4, 0.5) is 0 Å². The summed E-state index contributed by atoms with van der Waals surface area (Å²) >= 11 is 1.90. The van der Waals surface area contributed by atoms with Crippen LogP contribution in [0.5, 0.6) is 0 Å². The third kappa shape index (κ3) is 4.34. The Kier molecular flexibility index (Phi) is 6.21. The zero-order valence-electron chi connectivity index (χ0n) is 10.7. The van der Waals surface area contributed by atoms with E-state index in [-0.39, 0.29) is 5.91 Å². The van der Waals surface area contributed by atoms with Gasteiger partial charge < -0.3 is 10.2 Å². The van der Waals surface area contributed by atoms with Gasteiger partial charge in [-0.1, -0.05) is 6.92 Å². The van der Waals surface area contributed by atoms with Crippen molar-refractivity contribution in [2.24, 2.45) is 0 Å². The van der Waals surface area contributed by atoms with Crippen LogP contribution in [0, 0.1) is 0 Å². The van der Waals surface area contributed by atoms with Gasteiger partial charge in [0.05, 0.1) is 0 Å². The standard InChI is InChI=1S/C12H24N2OS/c1-4-11(9-16-3)13-12-5-7-14(8-6-12)10(2)15/h11-13H,4-9H2,1-3H3. The molecule has 0 aliphatic carbocycles. The van der Waals surface area contributed by atoms with E-state index in [1.54, 1.807) is 6.92 Å². The number of carbonyl (C=O) groups excluding carboxylic acids is 1. The van der Waals surface area contributed by atoms with E-state index in [1.165, 1.54) is 12.2 Å². The largest absolute Gasteiger partial charge is 0.343 e. The molecule has 16 heavy (non-hydrogen) atoms. The maximum atomic E-state index is 11.2. The van der Waals surface area contributed by atoms with Crippen molar-refractivity contribution in [3.63, 3.8) is 0 Å². The predicted octanol–water partition coefficient (Wildman–Crippen LogP) is 1.73. The number of hydrogen-bond donors (Lipinski definition) is 1. The van der Waals surface area contributed by atoms with Crippen LogP contribution in [0.3, 0.4) is 0 Å². The Balaban J connectivity index is 2.28. The van der Waals surface area contributed by atoms with E-state index in [2.05, 4.69) is 18.5 Å². The van der Waals surface area contributed by atoms with E-state index in [1.807, 2.05) is 16.7 Å². The Bertz CT molecular complexity index is 215. The van der Waals surface area contributed by atoms with E-state index >= 15 is 0 Å². The van der Waals surface area contributed by atoms with Crippen LogP contribution in [-0.2, 0) is 4.79 Å². The summed E-state index contributed by atoms with van der Waals surface area (Å²) in [6, 6.07) is 1.23. The Morgan fingerprint density at radius 2 is 2.12 bits per heavy atom. The first-order chi connectivity index (χ1) is 7.67. The Morgan fingerprint density at radius 1 is 1.50 bits per heavy atom. The molecule has 0 bridgehead atoms. The fourth-order valence-electron chi connectivity index (χ4n) is 2.18. The molecule has 0 aromatic rings. The van der Waals surface area contributed by atoms with Crippen LogP contribution < -0.4 is 5.32 Å². The summed E-state index contributed by atoms with van der Waals surface area (Å²) in [7, 11) is 0. The zero-order chi connectivity index (χ0) is 12.0. The summed E-state index contributed by atoms with van der Waals surface area (Å²) in [5.41, 5.74) is 0. The van der Waals surface area contributed by atoms with Crippen LogP contribution in [0.1, 0.15) is 33.1 Å². The van der Waals surface area contributed by atoms with Crippen molar-refractivity contribution in [1.29, 1.82) is 0 Å². The molecule has 1 atom stereocenters. The third-order valence-electron chi connectivity index (χ3n) is 3.27. The minimum atomic E-state index is 0.217. The van der Waals surface area contributed by atoms with Gasteiger partial charge in [0.1, 0.15) is 0 Å². The highest BCUT2D eigenvalue weighted by atomic mass is 32.2. The topological polar surface area (TPSA) is 32.3 Å². The summed E-state index contributed by atoms with van der Waals surface area (Å²) in [5.74, 6) is 1.40. The second-order valence-corrected chi connectivity index (χ2v) is 5.42. The number of likely N-dealkylation sites (tertiary alicyclic amines) is 1. The van der Waals surface area contributed by atoms with Gasteiger partial charge in [-0.2, -0.15) is 11.8 Å². The van der Waals surface area contributed by atoms with Crippen LogP contribution in [0.15, 0.2) is 0 Å². The minimum absolute atomic E-state index is 0.217. The Hall–Kier alpha value is -0.220. The Morgan fingerprint density at radius 3 is 2.56 bits per heavy atom. The number of hydrogen-bond acceptors (Lipinski definition) is 3. The molecule has 1 saturated heterocycles. The van der Waals surface area contributed by atoms with Gasteiger partial charge >= 0.3 is 0 Å². The van der Waals surface area contributed by atoms with Gasteiger partial charge in [0.15, 0.2) is 0 Å². The molecule has 1 aliphatic rings. The highest BCUT2D eigenvalue weighted by Gasteiger charge is 2.21. The van der Waals surface area contributed by atoms with Crippen LogP contribution in [-0.4, -0.2) is 48.0 Å². The van der Waals surface area contributed by atoms with Gasteiger partial charge in [-0.3, -0.25) is 4.79 Å². The van der Waals surface area contributed by atoms with Gasteiger partial charge in [0, 0.05) is 37.8 Å². The van der Waals surface area contributed by atoms with Crippen molar-refractivity contribution in [3.05, 3.63) is 0 Å². The fourth-order valence-corrected chi connectivity index (χ4v) is 2.91. The summed E-state index contributed by atoms with van der Waals surface area (Å²) in [6.07, 6.45) is 5.55. The quantitative estimate of drug-likeness (QED) is 0.799. The lowest BCUT2D eigenvalue weighted by atomic mass is 10.0. The van der Waals surface area contributed by atoms with Crippen molar-refractivity contribution >= 4 is 17.7 Å². The molecular formula is C12H24N2OS. The molecule has 0 radical (unpaired) electrons. The predicted molar refractivity (Wildman–Crippen MR) is 70.9 cm³/mol. The van der Waals surface area contributed by atoms with Crippen LogP contribution in [0.2, 0.25) is 0 Å². The Labute approximate surface area is 103 Å². The smallest absolute Gasteiger partial charge is 0.219 e. The molecule has 3 nitrogen and oxygen atoms in total. The minimum Gasteiger partial charge on any atom is -0.343 e. The van der Waals surface area contributed by atoms with E-state index in [9.17, 15) is 4.79 Å². The van der Waals surface area contributed by atoms with Gasteiger partial charge in [-0.05, 0) is 25.5 Å². The highest BCUT2D eigenvalue weighted by Crippen LogP contribution is 2.12. The van der Waals surface area contributed by atoms with Crippen LogP contribution in [0.25, 0.3) is 0 Å². The SMILES string of the molecule is CCC(CSC)NC1CCN(C(C)=O)CC1. The van der Waals surface area contributed by atoms with Crippen molar-refractivity contribution in [2.45, 2.75) is 45.2 Å². The first-order valence-corrected chi connectivity index (χ1v) is 7.57. The average molecular weight is 244 g/mol. The molecule has 1 amide bonds. The lowest BCUT2D eigenvalue weighted by molar-refractivity contribution is -0.129. The normalized spacial score (nSPS) is 19.8. The fraction of sp³-hybridized carbons (Fsp3) is 0.917. The van der Waals surface area contributed by atoms with Crippen molar-refractivity contribution in [1.82, 2.24) is 10.2 Å². The molecule has 0 saturated carbocycles. The lowest BCUT2D eigenvalue weighted by Gasteiger charge is -2.33. The molecule has 4 heteroatoms. The van der Waals surface area contributed by atoms with Gasteiger partial charge in [0.2, 0.25) is 5.91 Å². The molecular weight excluding hydrogens is 220 g/mol. The molecule has 0 aromatic carbocycles. The summed E-state index contributed by atoms with van der Waals surface area (Å²) in [4.78, 5) is 13.1. The first-order valence-electron chi connectivity index (χ1n) is 6.17. The number of nitrogens with zero attached hydrogens (tertiary/aromatic N) is 1. The average Bonchev–Trinajstić information content (AvgIpc) is 2.29. The molecule has 0 aromatic heterocycles. The monoisotopic (exact) mass is 244 g/mol. The van der Waals surface area contributed by atoms with E-state index < -0.39 is 0 Å². The zero-order valence-corrected chi connectivity index (χ0v) is 11.5. The summed E-state index contributed by atoms with van der Waals surface area (Å²) < 4.78 is 0. The second kappa shape index (κ2) is 7.17.